The van der Waals surface area contributed by atoms with Crippen LogP contribution in [0.15, 0.2) is 46.9 Å². The molecule has 0 unspecified atom stereocenters. The molecule has 0 bridgehead atoms. The van der Waals surface area contributed by atoms with Gasteiger partial charge >= 0.3 is 6.18 Å². The average molecular weight is 347 g/mol. The van der Waals surface area contributed by atoms with Crippen LogP contribution in [0.4, 0.5) is 17.6 Å². The predicted octanol–water partition coefficient (Wildman–Crippen LogP) is 4.84. The van der Waals surface area contributed by atoms with Crippen molar-refractivity contribution in [2.45, 2.75) is 6.18 Å². The Morgan fingerprint density at radius 1 is 0.950 bits per heavy atom. The zero-order valence-electron chi connectivity index (χ0n) is 9.84. The SMILES string of the molecule is O=C(c1ccc(Br)cc1)c1ccc(F)c(C(F)(F)F)c1. The van der Waals surface area contributed by atoms with Gasteiger partial charge in [0, 0.05) is 15.6 Å². The Kier molecular flexibility index (Phi) is 3.94. The zero-order chi connectivity index (χ0) is 14.9. The molecule has 0 aliphatic heterocycles. The van der Waals surface area contributed by atoms with Crippen molar-refractivity contribution in [3.63, 3.8) is 0 Å². The van der Waals surface area contributed by atoms with Crippen LogP contribution in [0, 0.1) is 5.82 Å². The van der Waals surface area contributed by atoms with Crippen molar-refractivity contribution in [1.29, 1.82) is 0 Å². The van der Waals surface area contributed by atoms with Gasteiger partial charge in [-0.1, -0.05) is 15.9 Å². The third-order valence-electron chi connectivity index (χ3n) is 2.64. The monoisotopic (exact) mass is 346 g/mol. The van der Waals surface area contributed by atoms with Crippen molar-refractivity contribution in [2.24, 2.45) is 0 Å². The van der Waals surface area contributed by atoms with E-state index >= 15 is 0 Å². The first-order valence-electron chi connectivity index (χ1n) is 5.46. The van der Waals surface area contributed by atoms with Crippen LogP contribution >= 0.6 is 15.9 Å². The van der Waals surface area contributed by atoms with Gasteiger partial charge in [0.15, 0.2) is 5.78 Å². The zero-order valence-corrected chi connectivity index (χ0v) is 11.4. The fourth-order valence-electron chi connectivity index (χ4n) is 1.65. The molecule has 0 aromatic heterocycles. The Bertz CT molecular complexity index is 647. The van der Waals surface area contributed by atoms with Gasteiger partial charge in [-0.3, -0.25) is 4.79 Å². The molecule has 1 nitrogen and oxygen atoms in total. The van der Waals surface area contributed by atoms with Crippen LogP contribution in [-0.4, -0.2) is 5.78 Å². The molecule has 0 amide bonds. The summed E-state index contributed by atoms with van der Waals surface area (Å²) in [5.74, 6) is -1.99. The maximum Gasteiger partial charge on any atom is 0.419 e. The van der Waals surface area contributed by atoms with Gasteiger partial charge in [-0.25, -0.2) is 4.39 Å². The molecule has 104 valence electrons. The summed E-state index contributed by atoms with van der Waals surface area (Å²) < 4.78 is 51.7. The van der Waals surface area contributed by atoms with Gasteiger partial charge in [-0.05, 0) is 42.5 Å². The standard InChI is InChI=1S/C14H7BrF4O/c15-10-4-1-8(2-5-10)13(20)9-3-6-12(16)11(7-9)14(17,18)19/h1-7H. The van der Waals surface area contributed by atoms with Gasteiger partial charge in [-0.15, -0.1) is 0 Å². The fraction of sp³-hybridized carbons (Fsp3) is 0.0714. The van der Waals surface area contributed by atoms with Gasteiger partial charge < -0.3 is 0 Å². The average Bonchev–Trinajstić information content (AvgIpc) is 2.38. The van der Waals surface area contributed by atoms with E-state index in [0.29, 0.717) is 12.1 Å². The largest absolute Gasteiger partial charge is 0.419 e. The van der Waals surface area contributed by atoms with Gasteiger partial charge in [-0.2, -0.15) is 13.2 Å². The molecular weight excluding hydrogens is 340 g/mol. The lowest BCUT2D eigenvalue weighted by molar-refractivity contribution is -0.140. The second kappa shape index (κ2) is 5.36. The van der Waals surface area contributed by atoms with Crippen LogP contribution in [0.3, 0.4) is 0 Å². The van der Waals surface area contributed by atoms with E-state index in [2.05, 4.69) is 15.9 Å². The highest BCUT2D eigenvalue weighted by molar-refractivity contribution is 9.10. The first-order chi connectivity index (χ1) is 9.29. The molecule has 2 aromatic rings. The number of carbonyl (C=O) groups is 1. The van der Waals surface area contributed by atoms with Crippen LogP contribution in [0.25, 0.3) is 0 Å². The molecule has 6 heteroatoms. The number of rotatable bonds is 2. The highest BCUT2D eigenvalue weighted by atomic mass is 79.9. The first kappa shape index (κ1) is 14.7. The molecule has 0 heterocycles. The smallest absolute Gasteiger partial charge is 0.289 e. The second-order valence-corrected chi connectivity index (χ2v) is 4.94. The van der Waals surface area contributed by atoms with Crippen molar-refractivity contribution >= 4 is 21.7 Å². The van der Waals surface area contributed by atoms with E-state index in [1.807, 2.05) is 0 Å². The third kappa shape index (κ3) is 3.07. The normalized spacial score (nSPS) is 11.4. The van der Waals surface area contributed by atoms with Gasteiger partial charge in [0.1, 0.15) is 5.82 Å². The molecular formula is C14H7BrF4O. The van der Waals surface area contributed by atoms with E-state index in [4.69, 9.17) is 0 Å². The summed E-state index contributed by atoms with van der Waals surface area (Å²) in [6.45, 7) is 0. The van der Waals surface area contributed by atoms with E-state index in [1.54, 1.807) is 12.1 Å². The second-order valence-electron chi connectivity index (χ2n) is 4.03. The summed E-state index contributed by atoms with van der Waals surface area (Å²) in [6, 6.07) is 8.36. The number of hydrogen-bond donors (Lipinski definition) is 0. The van der Waals surface area contributed by atoms with Crippen molar-refractivity contribution in [3.05, 3.63) is 69.4 Å². The summed E-state index contributed by atoms with van der Waals surface area (Å²) in [7, 11) is 0. The summed E-state index contributed by atoms with van der Waals surface area (Å²) in [4.78, 5) is 12.0. The molecule has 0 aliphatic carbocycles. The molecule has 0 atom stereocenters. The van der Waals surface area contributed by atoms with Crippen LogP contribution in [0.2, 0.25) is 0 Å². The van der Waals surface area contributed by atoms with Crippen molar-refractivity contribution < 1.29 is 22.4 Å². The molecule has 0 saturated carbocycles. The molecule has 20 heavy (non-hydrogen) atoms. The van der Waals surface area contributed by atoms with E-state index < -0.39 is 23.3 Å². The van der Waals surface area contributed by atoms with Gasteiger partial charge in [0.2, 0.25) is 0 Å². The first-order valence-corrected chi connectivity index (χ1v) is 6.25. The topological polar surface area (TPSA) is 17.1 Å². The Hall–Kier alpha value is -1.69. The van der Waals surface area contributed by atoms with Crippen molar-refractivity contribution in [3.8, 4) is 0 Å². The minimum Gasteiger partial charge on any atom is -0.289 e. The maximum atomic E-state index is 13.1. The Labute approximate surface area is 120 Å². The summed E-state index contributed by atoms with van der Waals surface area (Å²) >= 11 is 3.19. The number of ketones is 1. The van der Waals surface area contributed by atoms with Gasteiger partial charge in [0.05, 0.1) is 5.56 Å². The van der Waals surface area contributed by atoms with Crippen LogP contribution < -0.4 is 0 Å². The lowest BCUT2D eigenvalue weighted by Gasteiger charge is -2.09. The van der Waals surface area contributed by atoms with E-state index in [-0.39, 0.29) is 11.1 Å². The van der Waals surface area contributed by atoms with Crippen LogP contribution in [0.1, 0.15) is 21.5 Å². The molecule has 0 radical (unpaired) electrons. The Morgan fingerprint density at radius 3 is 2.05 bits per heavy atom. The van der Waals surface area contributed by atoms with E-state index in [9.17, 15) is 22.4 Å². The Balaban J connectivity index is 2.43. The van der Waals surface area contributed by atoms with Gasteiger partial charge in [0.25, 0.3) is 0 Å². The number of halogens is 5. The quantitative estimate of drug-likeness (QED) is 0.561. The number of benzene rings is 2. The molecule has 0 N–H and O–H groups in total. The summed E-state index contributed by atoms with van der Waals surface area (Å²) in [5.41, 5.74) is -1.42. The molecule has 2 aromatic carbocycles. The maximum absolute atomic E-state index is 13.1. The highest BCUT2D eigenvalue weighted by Crippen LogP contribution is 2.32. The number of alkyl halides is 3. The lowest BCUT2D eigenvalue weighted by atomic mass is 10.0. The molecule has 0 saturated heterocycles. The predicted molar refractivity (Wildman–Crippen MR) is 69.0 cm³/mol. The summed E-state index contributed by atoms with van der Waals surface area (Å²) in [6.07, 6.45) is -4.83. The molecule has 0 aliphatic rings. The molecule has 2 rings (SSSR count). The fourth-order valence-corrected chi connectivity index (χ4v) is 1.92. The number of carbonyl (C=O) groups excluding carboxylic acids is 1. The van der Waals surface area contributed by atoms with E-state index in [0.717, 1.165) is 10.5 Å². The number of hydrogen-bond acceptors (Lipinski definition) is 1. The van der Waals surface area contributed by atoms with Crippen molar-refractivity contribution in [2.75, 3.05) is 0 Å². The molecule has 0 spiro atoms. The third-order valence-corrected chi connectivity index (χ3v) is 3.17. The van der Waals surface area contributed by atoms with E-state index in [1.165, 1.54) is 12.1 Å². The van der Waals surface area contributed by atoms with Crippen LogP contribution in [0.5, 0.6) is 0 Å². The highest BCUT2D eigenvalue weighted by Gasteiger charge is 2.34. The minimum absolute atomic E-state index is 0.207. The minimum atomic E-state index is -4.83. The lowest BCUT2D eigenvalue weighted by Crippen LogP contribution is -2.11. The summed E-state index contributed by atoms with van der Waals surface area (Å²) in [5, 5.41) is 0. The Morgan fingerprint density at radius 2 is 1.50 bits per heavy atom. The van der Waals surface area contributed by atoms with Crippen LogP contribution in [-0.2, 0) is 6.18 Å². The van der Waals surface area contributed by atoms with Crippen molar-refractivity contribution in [1.82, 2.24) is 0 Å². The molecule has 0 fully saturated rings.